The van der Waals surface area contributed by atoms with Crippen LogP contribution in [-0.2, 0) is 21.2 Å². The minimum absolute atomic E-state index is 0.00774. The summed E-state index contributed by atoms with van der Waals surface area (Å²) in [4.78, 5) is 10.6. The van der Waals surface area contributed by atoms with Gasteiger partial charge in [-0.05, 0) is 29.8 Å². The zero-order chi connectivity index (χ0) is 17.0. The number of hydrogen-bond donors (Lipinski definition) is 2. The molecule has 0 aliphatic rings. The zero-order valence-corrected chi connectivity index (χ0v) is 13.7. The van der Waals surface area contributed by atoms with Crippen molar-refractivity contribution in [2.45, 2.75) is 11.3 Å². The summed E-state index contributed by atoms with van der Waals surface area (Å²) in [6.07, 6.45) is -0.124. The maximum atomic E-state index is 12.3. The van der Waals surface area contributed by atoms with E-state index in [4.69, 9.17) is 21.4 Å². The van der Waals surface area contributed by atoms with E-state index in [1.165, 1.54) is 37.4 Å². The van der Waals surface area contributed by atoms with Gasteiger partial charge in [0.15, 0.2) is 0 Å². The molecule has 6 nitrogen and oxygen atoms in total. The predicted molar refractivity (Wildman–Crippen MR) is 86.6 cm³/mol. The molecule has 2 aromatic carbocycles. The van der Waals surface area contributed by atoms with Crippen LogP contribution in [0.4, 0.5) is 5.69 Å². The highest BCUT2D eigenvalue weighted by atomic mass is 35.5. The summed E-state index contributed by atoms with van der Waals surface area (Å²) in [5.41, 5.74) is 0.904. The Hall–Kier alpha value is -2.25. The summed E-state index contributed by atoms with van der Waals surface area (Å²) in [5.74, 6) is -0.696. The van der Waals surface area contributed by atoms with E-state index in [9.17, 15) is 13.2 Å². The first-order valence-corrected chi connectivity index (χ1v) is 8.35. The third-order valence-electron chi connectivity index (χ3n) is 2.99. The van der Waals surface area contributed by atoms with Gasteiger partial charge in [0.25, 0.3) is 10.0 Å². The number of carboxylic acids is 1. The van der Waals surface area contributed by atoms with Crippen molar-refractivity contribution in [1.82, 2.24) is 0 Å². The summed E-state index contributed by atoms with van der Waals surface area (Å²) in [6.45, 7) is 0. The Labute approximate surface area is 138 Å². The van der Waals surface area contributed by atoms with Crippen LogP contribution < -0.4 is 9.46 Å². The van der Waals surface area contributed by atoms with Gasteiger partial charge in [0, 0.05) is 11.8 Å². The lowest BCUT2D eigenvalue weighted by Gasteiger charge is -2.10. The number of sulfonamides is 1. The molecule has 122 valence electrons. The molecule has 0 amide bonds. The summed E-state index contributed by atoms with van der Waals surface area (Å²) >= 11 is 5.88. The number of carboxylic acid groups (broad SMARTS) is 1. The van der Waals surface area contributed by atoms with Gasteiger partial charge < -0.3 is 9.84 Å². The van der Waals surface area contributed by atoms with Crippen molar-refractivity contribution in [3.8, 4) is 5.75 Å². The maximum absolute atomic E-state index is 12.3. The smallest absolute Gasteiger partial charge is 0.307 e. The Morgan fingerprint density at radius 1 is 1.22 bits per heavy atom. The van der Waals surface area contributed by atoms with Crippen LogP contribution >= 0.6 is 11.6 Å². The van der Waals surface area contributed by atoms with Crippen LogP contribution in [0.3, 0.4) is 0 Å². The molecule has 0 bridgehead atoms. The van der Waals surface area contributed by atoms with Gasteiger partial charge in [-0.1, -0.05) is 23.7 Å². The fourth-order valence-electron chi connectivity index (χ4n) is 1.89. The molecule has 0 radical (unpaired) electrons. The molecule has 0 unspecified atom stereocenters. The lowest BCUT2D eigenvalue weighted by molar-refractivity contribution is -0.136. The monoisotopic (exact) mass is 355 g/mol. The fraction of sp³-hybridized carbons (Fsp3) is 0.133. The Bertz CT molecular complexity index is 818. The summed E-state index contributed by atoms with van der Waals surface area (Å²) < 4.78 is 32.1. The van der Waals surface area contributed by atoms with Crippen LogP contribution in [0.1, 0.15) is 5.56 Å². The molecule has 0 saturated heterocycles. The van der Waals surface area contributed by atoms with E-state index in [0.717, 1.165) is 0 Å². The molecule has 23 heavy (non-hydrogen) atoms. The van der Waals surface area contributed by atoms with Gasteiger partial charge in [-0.2, -0.15) is 0 Å². The van der Waals surface area contributed by atoms with E-state index >= 15 is 0 Å². The van der Waals surface area contributed by atoms with E-state index in [0.29, 0.717) is 16.3 Å². The van der Waals surface area contributed by atoms with E-state index in [1.807, 2.05) is 0 Å². The minimum Gasteiger partial charge on any atom is -0.495 e. The number of methoxy groups -OCH3 is 1. The number of aliphatic carboxylic acids is 1. The molecule has 8 heteroatoms. The van der Waals surface area contributed by atoms with Gasteiger partial charge in [0.05, 0.1) is 23.4 Å². The Morgan fingerprint density at radius 2 is 1.87 bits per heavy atom. The molecule has 0 aliphatic heterocycles. The topological polar surface area (TPSA) is 92.7 Å². The normalized spacial score (nSPS) is 11.0. The Kier molecular flexibility index (Phi) is 5.12. The maximum Gasteiger partial charge on any atom is 0.307 e. The molecule has 0 atom stereocenters. The average molecular weight is 356 g/mol. The quantitative estimate of drug-likeness (QED) is 0.831. The summed E-state index contributed by atoms with van der Waals surface area (Å²) in [7, 11) is -2.41. The average Bonchev–Trinajstić information content (AvgIpc) is 2.48. The summed E-state index contributed by atoms with van der Waals surface area (Å²) in [6, 6.07) is 10.2. The van der Waals surface area contributed by atoms with E-state index in [-0.39, 0.29) is 17.1 Å². The number of anilines is 1. The molecule has 2 aromatic rings. The highest BCUT2D eigenvalue weighted by Crippen LogP contribution is 2.28. The van der Waals surface area contributed by atoms with Gasteiger partial charge in [-0.25, -0.2) is 8.42 Å². The van der Waals surface area contributed by atoms with Crippen molar-refractivity contribution in [2.24, 2.45) is 0 Å². The van der Waals surface area contributed by atoms with E-state index < -0.39 is 16.0 Å². The zero-order valence-electron chi connectivity index (χ0n) is 12.1. The largest absolute Gasteiger partial charge is 0.495 e. The molecule has 0 aromatic heterocycles. The second kappa shape index (κ2) is 6.89. The first-order valence-electron chi connectivity index (χ1n) is 6.49. The number of carbonyl (C=O) groups is 1. The highest BCUT2D eigenvalue weighted by Gasteiger charge is 2.16. The molecular weight excluding hydrogens is 342 g/mol. The molecule has 2 rings (SSSR count). The number of benzene rings is 2. The number of nitrogens with one attached hydrogen (secondary N) is 1. The van der Waals surface area contributed by atoms with Crippen molar-refractivity contribution >= 4 is 33.3 Å². The second-order valence-electron chi connectivity index (χ2n) is 4.67. The van der Waals surface area contributed by atoms with Crippen LogP contribution in [0.5, 0.6) is 5.75 Å². The summed E-state index contributed by atoms with van der Waals surface area (Å²) in [5, 5.41) is 9.02. The fourth-order valence-corrected chi connectivity index (χ4v) is 3.15. The third kappa shape index (κ3) is 4.37. The molecule has 0 saturated carbocycles. The Morgan fingerprint density at radius 3 is 2.43 bits per heavy atom. The first-order chi connectivity index (χ1) is 10.8. The van der Waals surface area contributed by atoms with E-state index in [1.54, 1.807) is 12.1 Å². The van der Waals surface area contributed by atoms with E-state index in [2.05, 4.69) is 4.72 Å². The van der Waals surface area contributed by atoms with Crippen molar-refractivity contribution < 1.29 is 23.1 Å². The van der Waals surface area contributed by atoms with Crippen LogP contribution in [0.15, 0.2) is 47.4 Å². The van der Waals surface area contributed by atoms with Crippen LogP contribution in [0, 0.1) is 0 Å². The Balaban J connectivity index is 2.22. The number of halogens is 1. The molecule has 0 fully saturated rings. The molecule has 2 N–H and O–H groups in total. The highest BCUT2D eigenvalue weighted by molar-refractivity contribution is 7.92. The predicted octanol–water partition coefficient (Wildman–Crippen LogP) is 2.78. The van der Waals surface area contributed by atoms with Crippen molar-refractivity contribution in [1.29, 1.82) is 0 Å². The lowest BCUT2D eigenvalue weighted by Crippen LogP contribution is -2.13. The third-order valence-corrected chi connectivity index (χ3v) is 4.69. The van der Waals surface area contributed by atoms with Crippen molar-refractivity contribution in [3.05, 3.63) is 53.1 Å². The minimum atomic E-state index is -3.80. The molecule has 0 aliphatic carbocycles. The van der Waals surface area contributed by atoms with Gasteiger partial charge in [-0.15, -0.1) is 0 Å². The molecule has 0 heterocycles. The standard InChI is InChI=1S/C15H14ClNO5S/c1-22-14-9-12(6-7-13(14)16)23(20,21)17-11-4-2-10(3-5-11)8-15(18)19/h2-7,9,17H,8H2,1H3,(H,18,19). The SMILES string of the molecule is COc1cc(S(=O)(=O)Nc2ccc(CC(=O)O)cc2)ccc1Cl. The van der Waals surface area contributed by atoms with Gasteiger partial charge >= 0.3 is 5.97 Å². The molecular formula is C15H14ClNO5S. The van der Waals surface area contributed by atoms with Gasteiger partial charge in [-0.3, -0.25) is 9.52 Å². The number of ether oxygens (including phenoxy) is 1. The van der Waals surface area contributed by atoms with Crippen LogP contribution in [0.2, 0.25) is 5.02 Å². The van der Waals surface area contributed by atoms with Crippen molar-refractivity contribution in [3.63, 3.8) is 0 Å². The number of rotatable bonds is 6. The van der Waals surface area contributed by atoms with Crippen LogP contribution in [-0.4, -0.2) is 26.6 Å². The van der Waals surface area contributed by atoms with Crippen molar-refractivity contribution in [2.75, 3.05) is 11.8 Å². The van der Waals surface area contributed by atoms with Gasteiger partial charge in [0.1, 0.15) is 5.75 Å². The first kappa shape index (κ1) is 17.1. The lowest BCUT2D eigenvalue weighted by atomic mass is 10.1. The number of hydrogen-bond acceptors (Lipinski definition) is 4. The van der Waals surface area contributed by atoms with Crippen LogP contribution in [0.25, 0.3) is 0 Å². The molecule has 0 spiro atoms. The van der Waals surface area contributed by atoms with Gasteiger partial charge in [0.2, 0.25) is 0 Å². The second-order valence-corrected chi connectivity index (χ2v) is 6.76.